The fourth-order valence-electron chi connectivity index (χ4n) is 1.46. The van der Waals surface area contributed by atoms with Crippen molar-refractivity contribution in [2.24, 2.45) is 11.5 Å². The molecular formula is C11H17BrCl2N2. The van der Waals surface area contributed by atoms with Crippen LogP contribution in [-0.4, -0.2) is 6.54 Å². The summed E-state index contributed by atoms with van der Waals surface area (Å²) in [6.07, 6.45) is 2.98. The molecule has 0 saturated heterocycles. The molecule has 16 heavy (non-hydrogen) atoms. The van der Waals surface area contributed by atoms with Gasteiger partial charge in [0.15, 0.2) is 0 Å². The van der Waals surface area contributed by atoms with Crippen LogP contribution in [0.15, 0.2) is 22.7 Å². The largest absolute Gasteiger partial charge is 0.330 e. The molecule has 0 bridgehead atoms. The zero-order chi connectivity index (χ0) is 11.3. The molecule has 0 heterocycles. The number of rotatable bonds is 5. The minimum Gasteiger partial charge on any atom is -0.330 e. The van der Waals surface area contributed by atoms with E-state index < -0.39 is 0 Å². The van der Waals surface area contributed by atoms with Gasteiger partial charge in [0.1, 0.15) is 0 Å². The van der Waals surface area contributed by atoms with Crippen molar-refractivity contribution in [2.75, 3.05) is 6.54 Å². The topological polar surface area (TPSA) is 52.0 Å². The number of halogens is 3. The van der Waals surface area contributed by atoms with Gasteiger partial charge in [0.2, 0.25) is 0 Å². The van der Waals surface area contributed by atoms with Crippen molar-refractivity contribution in [3.05, 3.63) is 33.3 Å². The van der Waals surface area contributed by atoms with E-state index in [1.54, 1.807) is 0 Å². The van der Waals surface area contributed by atoms with Crippen molar-refractivity contribution < 1.29 is 0 Å². The lowest BCUT2D eigenvalue weighted by Gasteiger charge is -2.13. The van der Waals surface area contributed by atoms with E-state index in [-0.39, 0.29) is 18.4 Å². The molecule has 92 valence electrons. The molecule has 0 unspecified atom stereocenters. The molecule has 0 aliphatic carbocycles. The lowest BCUT2D eigenvalue weighted by Crippen LogP contribution is -2.11. The first-order valence-corrected chi connectivity index (χ1v) is 6.23. The fourth-order valence-corrected chi connectivity index (χ4v) is 2.10. The van der Waals surface area contributed by atoms with Crippen molar-refractivity contribution in [2.45, 2.75) is 25.3 Å². The Hall–Kier alpha value is 0.200. The Kier molecular flexibility index (Phi) is 8.42. The predicted molar refractivity (Wildman–Crippen MR) is 76.2 cm³/mol. The van der Waals surface area contributed by atoms with Gasteiger partial charge < -0.3 is 11.5 Å². The highest BCUT2D eigenvalue weighted by atomic mass is 79.9. The van der Waals surface area contributed by atoms with Crippen LogP contribution in [0.2, 0.25) is 5.02 Å². The molecule has 0 fully saturated rings. The lowest BCUT2D eigenvalue weighted by molar-refractivity contribution is 0.591. The quantitative estimate of drug-likeness (QED) is 0.811. The molecule has 0 aliphatic heterocycles. The van der Waals surface area contributed by atoms with Gasteiger partial charge in [0, 0.05) is 15.5 Å². The van der Waals surface area contributed by atoms with E-state index in [4.69, 9.17) is 23.1 Å². The third-order valence-electron chi connectivity index (χ3n) is 2.33. The van der Waals surface area contributed by atoms with Crippen LogP contribution in [-0.2, 0) is 0 Å². The zero-order valence-electron chi connectivity index (χ0n) is 8.96. The molecule has 4 N–H and O–H groups in total. The Labute approximate surface area is 116 Å². The van der Waals surface area contributed by atoms with Gasteiger partial charge in [-0.3, -0.25) is 0 Å². The maximum atomic E-state index is 6.08. The second-order valence-electron chi connectivity index (χ2n) is 3.56. The van der Waals surface area contributed by atoms with E-state index in [9.17, 15) is 0 Å². The van der Waals surface area contributed by atoms with Crippen LogP contribution in [0, 0.1) is 0 Å². The van der Waals surface area contributed by atoms with E-state index >= 15 is 0 Å². The smallest absolute Gasteiger partial charge is 0.0454 e. The number of unbranched alkanes of at least 4 members (excludes halogenated alkanes) is 1. The van der Waals surface area contributed by atoms with Crippen molar-refractivity contribution in [1.82, 2.24) is 0 Å². The highest BCUT2D eigenvalue weighted by molar-refractivity contribution is 9.10. The number of benzene rings is 1. The first-order chi connectivity index (χ1) is 7.15. The molecule has 0 spiro atoms. The van der Waals surface area contributed by atoms with Gasteiger partial charge in [-0.2, -0.15) is 0 Å². The number of nitrogens with two attached hydrogens (primary N) is 2. The monoisotopic (exact) mass is 326 g/mol. The van der Waals surface area contributed by atoms with Crippen LogP contribution >= 0.6 is 39.9 Å². The van der Waals surface area contributed by atoms with Crippen molar-refractivity contribution >= 4 is 39.9 Å². The van der Waals surface area contributed by atoms with E-state index in [1.165, 1.54) is 0 Å². The van der Waals surface area contributed by atoms with Crippen LogP contribution in [0.25, 0.3) is 0 Å². The highest BCUT2D eigenvalue weighted by Gasteiger charge is 2.10. The van der Waals surface area contributed by atoms with E-state index in [0.29, 0.717) is 0 Å². The Bertz CT molecular complexity index is 321. The summed E-state index contributed by atoms with van der Waals surface area (Å²) in [6.45, 7) is 0.721. The molecule has 1 aromatic rings. The third kappa shape index (κ3) is 5.02. The van der Waals surface area contributed by atoms with Gasteiger partial charge in [0.25, 0.3) is 0 Å². The summed E-state index contributed by atoms with van der Waals surface area (Å²) >= 11 is 9.49. The maximum absolute atomic E-state index is 6.08. The van der Waals surface area contributed by atoms with Gasteiger partial charge in [-0.05, 0) is 43.1 Å². The highest BCUT2D eigenvalue weighted by Crippen LogP contribution is 2.27. The van der Waals surface area contributed by atoms with Crippen LogP contribution in [0.5, 0.6) is 0 Å². The third-order valence-corrected chi connectivity index (χ3v) is 3.16. The average molecular weight is 328 g/mol. The van der Waals surface area contributed by atoms with E-state index in [2.05, 4.69) is 15.9 Å². The van der Waals surface area contributed by atoms with Gasteiger partial charge in [-0.15, -0.1) is 12.4 Å². The zero-order valence-corrected chi connectivity index (χ0v) is 12.1. The first-order valence-electron chi connectivity index (χ1n) is 5.05. The molecule has 5 heteroatoms. The minimum absolute atomic E-state index is 0. The van der Waals surface area contributed by atoms with E-state index in [1.807, 2.05) is 18.2 Å². The molecule has 0 aliphatic rings. The SMILES string of the molecule is Cl.NCCCC[C@H](N)c1cc(Br)ccc1Cl. The molecular weight excluding hydrogens is 311 g/mol. The first kappa shape index (κ1) is 16.2. The summed E-state index contributed by atoms with van der Waals surface area (Å²) in [5, 5.41) is 0.735. The summed E-state index contributed by atoms with van der Waals surface area (Å²) in [5.41, 5.74) is 12.5. The number of hydrogen-bond donors (Lipinski definition) is 2. The predicted octanol–water partition coefficient (Wildman–Crippen LogP) is 3.65. The van der Waals surface area contributed by atoms with Crippen molar-refractivity contribution in [3.63, 3.8) is 0 Å². The number of hydrogen-bond acceptors (Lipinski definition) is 2. The van der Waals surface area contributed by atoms with Gasteiger partial charge >= 0.3 is 0 Å². The Morgan fingerprint density at radius 1 is 1.31 bits per heavy atom. The van der Waals surface area contributed by atoms with Gasteiger partial charge in [-0.25, -0.2) is 0 Å². The van der Waals surface area contributed by atoms with Gasteiger partial charge in [0.05, 0.1) is 0 Å². The van der Waals surface area contributed by atoms with Crippen LogP contribution < -0.4 is 11.5 Å². The molecule has 1 atom stereocenters. The molecule has 2 nitrogen and oxygen atoms in total. The minimum atomic E-state index is 0. The fraction of sp³-hybridized carbons (Fsp3) is 0.455. The van der Waals surface area contributed by atoms with Crippen LogP contribution in [0.1, 0.15) is 30.9 Å². The standard InChI is InChI=1S/C11H16BrClN2.ClH/c12-8-4-5-10(13)9(7-8)11(15)3-1-2-6-14;/h4-5,7,11H,1-3,6,14-15H2;1H/t11-;/m0./s1. The summed E-state index contributed by atoms with van der Waals surface area (Å²) in [6, 6.07) is 5.76. The molecule has 0 amide bonds. The maximum Gasteiger partial charge on any atom is 0.0454 e. The second-order valence-corrected chi connectivity index (χ2v) is 4.88. The Morgan fingerprint density at radius 3 is 2.62 bits per heavy atom. The van der Waals surface area contributed by atoms with Crippen molar-refractivity contribution in [3.8, 4) is 0 Å². The molecule has 0 radical (unpaired) electrons. The normalized spacial score (nSPS) is 12.0. The Morgan fingerprint density at radius 2 is 2.00 bits per heavy atom. The Balaban J connectivity index is 0.00000225. The van der Waals surface area contributed by atoms with Crippen LogP contribution in [0.3, 0.4) is 0 Å². The second kappa shape index (κ2) is 8.31. The molecule has 1 aromatic carbocycles. The van der Waals surface area contributed by atoms with Crippen molar-refractivity contribution in [1.29, 1.82) is 0 Å². The summed E-state index contributed by atoms with van der Waals surface area (Å²) in [4.78, 5) is 0. The van der Waals surface area contributed by atoms with Crippen LogP contribution in [0.4, 0.5) is 0 Å². The summed E-state index contributed by atoms with van der Waals surface area (Å²) in [5.74, 6) is 0. The molecule has 1 rings (SSSR count). The molecule has 0 aromatic heterocycles. The lowest BCUT2D eigenvalue weighted by atomic mass is 10.0. The van der Waals surface area contributed by atoms with E-state index in [0.717, 1.165) is 40.9 Å². The summed E-state index contributed by atoms with van der Waals surface area (Å²) in [7, 11) is 0. The van der Waals surface area contributed by atoms with Gasteiger partial charge in [-0.1, -0.05) is 34.0 Å². The average Bonchev–Trinajstić information content (AvgIpc) is 2.22. The summed E-state index contributed by atoms with van der Waals surface area (Å²) < 4.78 is 1.01. The molecule has 0 saturated carbocycles.